The van der Waals surface area contributed by atoms with Crippen molar-refractivity contribution >= 4 is 5.91 Å². The van der Waals surface area contributed by atoms with Crippen molar-refractivity contribution in [3.63, 3.8) is 0 Å². The van der Waals surface area contributed by atoms with Gasteiger partial charge in [0.15, 0.2) is 0 Å². The molecule has 0 atom stereocenters. The Kier molecular flexibility index (Phi) is 4.72. The van der Waals surface area contributed by atoms with Crippen molar-refractivity contribution in [2.45, 2.75) is 32.4 Å². The van der Waals surface area contributed by atoms with Crippen molar-refractivity contribution in [3.05, 3.63) is 12.7 Å². The molecule has 20 heavy (non-hydrogen) atoms. The fourth-order valence-corrected chi connectivity index (χ4v) is 2.42. The SMILES string of the molecule is CC(C)(O)CN1CCN(C(=O)CCn2cncn2)CC1. The summed E-state index contributed by atoms with van der Waals surface area (Å²) in [5.41, 5.74) is -0.681. The van der Waals surface area contributed by atoms with Crippen molar-refractivity contribution < 1.29 is 9.90 Å². The van der Waals surface area contributed by atoms with Gasteiger partial charge in [0.25, 0.3) is 0 Å². The first kappa shape index (κ1) is 14.9. The van der Waals surface area contributed by atoms with E-state index in [1.807, 2.05) is 18.7 Å². The van der Waals surface area contributed by atoms with Crippen molar-refractivity contribution in [3.8, 4) is 0 Å². The average Bonchev–Trinajstić information content (AvgIpc) is 2.88. The number of amides is 1. The van der Waals surface area contributed by atoms with Gasteiger partial charge in [0, 0.05) is 39.1 Å². The normalized spacial score (nSPS) is 17.4. The summed E-state index contributed by atoms with van der Waals surface area (Å²) < 4.78 is 1.67. The summed E-state index contributed by atoms with van der Waals surface area (Å²) in [6.07, 6.45) is 3.54. The van der Waals surface area contributed by atoms with Crippen LogP contribution in [0.15, 0.2) is 12.7 Å². The zero-order chi connectivity index (χ0) is 14.6. The molecule has 1 amide bonds. The highest BCUT2D eigenvalue weighted by molar-refractivity contribution is 5.76. The van der Waals surface area contributed by atoms with Crippen LogP contribution in [0.4, 0.5) is 0 Å². The molecule has 0 saturated carbocycles. The van der Waals surface area contributed by atoms with Gasteiger partial charge in [-0.15, -0.1) is 0 Å². The molecule has 1 saturated heterocycles. The average molecular weight is 281 g/mol. The second kappa shape index (κ2) is 6.32. The highest BCUT2D eigenvalue weighted by Crippen LogP contribution is 2.09. The summed E-state index contributed by atoms with van der Waals surface area (Å²) in [5.74, 6) is 0.156. The molecule has 1 aliphatic rings. The zero-order valence-electron chi connectivity index (χ0n) is 12.2. The van der Waals surface area contributed by atoms with Crippen molar-refractivity contribution in [1.82, 2.24) is 24.6 Å². The van der Waals surface area contributed by atoms with Crippen LogP contribution < -0.4 is 0 Å². The molecule has 7 heteroatoms. The molecule has 0 bridgehead atoms. The molecule has 112 valence electrons. The number of rotatable bonds is 5. The van der Waals surface area contributed by atoms with E-state index in [2.05, 4.69) is 15.0 Å². The Balaban J connectivity index is 1.71. The van der Waals surface area contributed by atoms with Crippen molar-refractivity contribution in [2.24, 2.45) is 0 Å². The van der Waals surface area contributed by atoms with Gasteiger partial charge in [0.1, 0.15) is 12.7 Å². The van der Waals surface area contributed by atoms with Crippen molar-refractivity contribution in [1.29, 1.82) is 0 Å². The van der Waals surface area contributed by atoms with Gasteiger partial charge < -0.3 is 10.0 Å². The van der Waals surface area contributed by atoms with Gasteiger partial charge >= 0.3 is 0 Å². The molecule has 0 spiro atoms. The minimum absolute atomic E-state index is 0.156. The van der Waals surface area contributed by atoms with E-state index in [9.17, 15) is 9.90 Å². The van der Waals surface area contributed by atoms with Crippen molar-refractivity contribution in [2.75, 3.05) is 32.7 Å². The van der Waals surface area contributed by atoms with Crippen LogP contribution in [0, 0.1) is 0 Å². The lowest BCUT2D eigenvalue weighted by Gasteiger charge is -2.37. The van der Waals surface area contributed by atoms with Gasteiger partial charge in [-0.3, -0.25) is 14.4 Å². The Labute approximate surface area is 119 Å². The number of aryl methyl sites for hydroxylation is 1. The summed E-state index contributed by atoms with van der Waals surface area (Å²) in [6.45, 7) is 7.93. The van der Waals surface area contributed by atoms with E-state index in [-0.39, 0.29) is 5.91 Å². The third kappa shape index (κ3) is 4.57. The molecule has 1 fully saturated rings. The summed E-state index contributed by atoms with van der Waals surface area (Å²) in [4.78, 5) is 20.0. The maximum atomic E-state index is 12.1. The van der Waals surface area contributed by atoms with Crippen LogP contribution in [0.2, 0.25) is 0 Å². The Morgan fingerprint density at radius 2 is 2.00 bits per heavy atom. The lowest BCUT2D eigenvalue weighted by atomic mass is 10.1. The van der Waals surface area contributed by atoms with Crippen LogP contribution in [0.5, 0.6) is 0 Å². The highest BCUT2D eigenvalue weighted by Gasteiger charge is 2.24. The molecule has 7 nitrogen and oxygen atoms in total. The molecule has 2 heterocycles. The number of carbonyl (C=O) groups excluding carboxylic acids is 1. The second-order valence-electron chi connectivity index (χ2n) is 5.88. The third-order valence-corrected chi connectivity index (χ3v) is 3.36. The van der Waals surface area contributed by atoms with Crippen LogP contribution >= 0.6 is 0 Å². The molecule has 2 rings (SSSR count). The maximum Gasteiger partial charge on any atom is 0.224 e. The first-order valence-electron chi connectivity index (χ1n) is 6.99. The maximum absolute atomic E-state index is 12.1. The van der Waals surface area contributed by atoms with Gasteiger partial charge in [-0.1, -0.05) is 0 Å². The minimum atomic E-state index is -0.681. The van der Waals surface area contributed by atoms with Gasteiger partial charge in [-0.2, -0.15) is 5.10 Å². The number of carbonyl (C=O) groups is 1. The van der Waals surface area contributed by atoms with E-state index in [0.717, 1.165) is 26.2 Å². The summed E-state index contributed by atoms with van der Waals surface area (Å²) in [7, 11) is 0. The number of aromatic nitrogens is 3. The van der Waals surface area contributed by atoms with E-state index >= 15 is 0 Å². The van der Waals surface area contributed by atoms with Crippen LogP contribution in [-0.2, 0) is 11.3 Å². The Morgan fingerprint density at radius 1 is 1.30 bits per heavy atom. The molecule has 0 aliphatic carbocycles. The summed E-state index contributed by atoms with van der Waals surface area (Å²) >= 11 is 0. The van der Waals surface area contributed by atoms with Gasteiger partial charge in [0.05, 0.1) is 12.1 Å². The third-order valence-electron chi connectivity index (χ3n) is 3.36. The molecule has 1 N–H and O–H groups in total. The number of hydrogen-bond acceptors (Lipinski definition) is 5. The van der Waals surface area contributed by atoms with E-state index in [1.165, 1.54) is 6.33 Å². The Hall–Kier alpha value is -1.47. The predicted molar refractivity (Wildman–Crippen MR) is 74.0 cm³/mol. The van der Waals surface area contributed by atoms with E-state index in [4.69, 9.17) is 0 Å². The largest absolute Gasteiger partial charge is 0.389 e. The number of hydrogen-bond donors (Lipinski definition) is 1. The summed E-state index contributed by atoms with van der Waals surface area (Å²) in [6, 6.07) is 0. The topological polar surface area (TPSA) is 74.5 Å². The quantitative estimate of drug-likeness (QED) is 0.794. The fraction of sp³-hybridized carbons (Fsp3) is 0.769. The number of nitrogens with zero attached hydrogens (tertiary/aromatic N) is 5. The van der Waals surface area contributed by atoms with Crippen LogP contribution in [0.25, 0.3) is 0 Å². The number of piperazine rings is 1. The van der Waals surface area contributed by atoms with E-state index in [0.29, 0.717) is 19.5 Å². The fourth-order valence-electron chi connectivity index (χ4n) is 2.42. The van der Waals surface area contributed by atoms with Gasteiger partial charge in [-0.25, -0.2) is 4.98 Å². The molecule has 0 unspecified atom stereocenters. The van der Waals surface area contributed by atoms with Crippen LogP contribution in [-0.4, -0.2) is 73.9 Å². The molecular weight excluding hydrogens is 258 g/mol. The smallest absolute Gasteiger partial charge is 0.224 e. The number of aliphatic hydroxyl groups is 1. The monoisotopic (exact) mass is 281 g/mol. The molecule has 1 aromatic heterocycles. The minimum Gasteiger partial charge on any atom is -0.389 e. The Morgan fingerprint density at radius 3 is 2.55 bits per heavy atom. The highest BCUT2D eigenvalue weighted by atomic mass is 16.3. The van der Waals surface area contributed by atoms with Gasteiger partial charge in [-0.05, 0) is 13.8 Å². The lowest BCUT2D eigenvalue weighted by Crippen LogP contribution is -2.52. The van der Waals surface area contributed by atoms with E-state index < -0.39 is 5.60 Å². The van der Waals surface area contributed by atoms with Crippen LogP contribution in [0.1, 0.15) is 20.3 Å². The standard InChI is InChI=1S/C13H23N5O2/c1-13(2,20)9-16-5-7-17(8-6-16)12(19)3-4-18-11-14-10-15-18/h10-11,20H,3-9H2,1-2H3. The molecule has 0 radical (unpaired) electrons. The number of β-amino-alcohol motifs (C(OH)–C–C–N with tert-alkyl or cyclic N) is 1. The van der Waals surface area contributed by atoms with Crippen LogP contribution in [0.3, 0.4) is 0 Å². The zero-order valence-corrected chi connectivity index (χ0v) is 12.2. The first-order chi connectivity index (χ1) is 9.44. The molecule has 1 aromatic rings. The predicted octanol–water partition coefficient (Wildman–Crippen LogP) is -0.417. The Bertz CT molecular complexity index is 418. The summed E-state index contributed by atoms with van der Waals surface area (Å²) in [5, 5.41) is 13.8. The molecule has 0 aromatic carbocycles. The van der Waals surface area contributed by atoms with Gasteiger partial charge in [0.2, 0.25) is 5.91 Å². The van der Waals surface area contributed by atoms with E-state index in [1.54, 1.807) is 11.0 Å². The lowest BCUT2D eigenvalue weighted by molar-refractivity contribution is -0.133. The first-order valence-corrected chi connectivity index (χ1v) is 6.99. The second-order valence-corrected chi connectivity index (χ2v) is 5.88. The molecular formula is C13H23N5O2. The molecule has 1 aliphatic heterocycles.